The van der Waals surface area contributed by atoms with Crippen LogP contribution in [-0.2, 0) is 4.74 Å². The fraction of sp³-hybridized carbons (Fsp3) is 0.526. The molecule has 1 aromatic carbocycles. The van der Waals surface area contributed by atoms with Crippen molar-refractivity contribution in [3.05, 3.63) is 29.5 Å². The van der Waals surface area contributed by atoms with Crippen LogP contribution in [-0.4, -0.2) is 29.8 Å². The Bertz CT molecular complexity index is 700. The molecule has 0 bridgehead atoms. The first-order valence-corrected chi connectivity index (χ1v) is 8.43. The summed E-state index contributed by atoms with van der Waals surface area (Å²) < 4.78 is 24.6. The third-order valence-electron chi connectivity index (χ3n) is 3.83. The largest absolute Gasteiger partial charge is 0.490 e. The first kappa shape index (κ1) is 18.3. The molecule has 0 radical (unpaired) electrons. The maximum Gasteiger partial charge on any atom is 0.340 e. The van der Waals surface area contributed by atoms with Crippen molar-refractivity contribution < 1.29 is 18.7 Å². The van der Waals surface area contributed by atoms with E-state index in [2.05, 4.69) is 11.9 Å². The van der Waals surface area contributed by atoms with Gasteiger partial charge in [-0.2, -0.15) is 0 Å². The molecule has 1 aromatic heterocycles. The van der Waals surface area contributed by atoms with Crippen molar-refractivity contribution in [3.63, 3.8) is 0 Å². The normalized spacial score (nSPS) is 11.7. The second-order valence-corrected chi connectivity index (χ2v) is 6.66. The molecule has 2 rings (SSSR count). The zero-order valence-electron chi connectivity index (χ0n) is 14.9. The molecule has 0 spiro atoms. The van der Waals surface area contributed by atoms with E-state index in [4.69, 9.17) is 9.47 Å². The molecular weight excluding hydrogens is 309 g/mol. The predicted molar refractivity (Wildman–Crippen MR) is 93.5 cm³/mol. The van der Waals surface area contributed by atoms with Gasteiger partial charge in [-0.05, 0) is 39.3 Å². The Morgan fingerprint density at radius 1 is 1.29 bits per heavy atom. The summed E-state index contributed by atoms with van der Waals surface area (Å²) in [7, 11) is 0. The average Bonchev–Trinajstić information content (AvgIpc) is 2.95. The Balaban J connectivity index is 2.21. The van der Waals surface area contributed by atoms with Gasteiger partial charge in [0, 0.05) is 22.7 Å². The van der Waals surface area contributed by atoms with E-state index in [1.54, 1.807) is 12.3 Å². The topological polar surface area (TPSA) is 51.3 Å². The molecule has 0 atom stereocenters. The van der Waals surface area contributed by atoms with Gasteiger partial charge in [0.2, 0.25) is 0 Å². The molecule has 0 saturated carbocycles. The fourth-order valence-electron chi connectivity index (χ4n) is 2.54. The summed E-state index contributed by atoms with van der Waals surface area (Å²) in [4.78, 5) is 15.4. The third kappa shape index (κ3) is 4.49. The van der Waals surface area contributed by atoms with E-state index < -0.39 is 5.67 Å². The van der Waals surface area contributed by atoms with Gasteiger partial charge in [-0.3, -0.25) is 0 Å². The molecule has 4 nitrogen and oxygen atoms in total. The van der Waals surface area contributed by atoms with E-state index >= 15 is 0 Å². The molecule has 132 valence electrons. The monoisotopic (exact) mass is 335 g/mol. The summed E-state index contributed by atoms with van der Waals surface area (Å²) in [5, 5.41) is 0.768. The zero-order valence-corrected chi connectivity index (χ0v) is 14.9. The molecule has 0 aliphatic carbocycles. The number of nitrogens with one attached hydrogen (secondary N) is 1. The lowest BCUT2D eigenvalue weighted by atomic mass is 10.1. The van der Waals surface area contributed by atoms with E-state index in [9.17, 15) is 9.18 Å². The summed E-state index contributed by atoms with van der Waals surface area (Å²) in [5.41, 5.74) is 0.711. The molecule has 2 aromatic rings. The molecule has 24 heavy (non-hydrogen) atoms. The second-order valence-electron chi connectivity index (χ2n) is 6.66. The van der Waals surface area contributed by atoms with Crippen LogP contribution in [0.1, 0.15) is 56.0 Å². The highest BCUT2D eigenvalue weighted by Gasteiger charge is 2.20. The molecule has 1 N–H and O–H groups in total. The fourth-order valence-corrected chi connectivity index (χ4v) is 2.54. The van der Waals surface area contributed by atoms with E-state index in [1.165, 1.54) is 13.8 Å². The number of carbonyl (C=O) groups excluding carboxylic acids is 1. The van der Waals surface area contributed by atoms with Gasteiger partial charge < -0.3 is 14.5 Å². The molecule has 5 heteroatoms. The van der Waals surface area contributed by atoms with Crippen molar-refractivity contribution in [1.29, 1.82) is 0 Å². The summed E-state index contributed by atoms with van der Waals surface area (Å²) in [6, 6.07) is 3.62. The molecule has 0 saturated heterocycles. The Morgan fingerprint density at radius 2 is 2.04 bits per heavy atom. The number of alkyl halides is 1. The van der Waals surface area contributed by atoms with Crippen molar-refractivity contribution in [2.24, 2.45) is 0 Å². The lowest BCUT2D eigenvalue weighted by Crippen LogP contribution is -2.22. The molecule has 0 unspecified atom stereocenters. The number of esters is 1. The van der Waals surface area contributed by atoms with Crippen molar-refractivity contribution in [3.8, 4) is 5.75 Å². The minimum Gasteiger partial charge on any atom is -0.490 e. The summed E-state index contributed by atoms with van der Waals surface area (Å²) >= 11 is 0. The van der Waals surface area contributed by atoms with Crippen LogP contribution in [0.3, 0.4) is 0 Å². The Hall–Kier alpha value is -2.04. The summed E-state index contributed by atoms with van der Waals surface area (Å²) in [6.45, 7) is 7.29. The number of aromatic amines is 1. The number of fused-ring (bicyclic) bond motifs is 1. The predicted octanol–water partition coefficient (Wildman–Crippen LogP) is 4.95. The summed E-state index contributed by atoms with van der Waals surface area (Å²) in [6.07, 6.45) is 4.64. The first-order valence-electron chi connectivity index (χ1n) is 8.43. The van der Waals surface area contributed by atoms with Gasteiger partial charge in [-0.1, -0.05) is 19.8 Å². The second kappa shape index (κ2) is 7.69. The van der Waals surface area contributed by atoms with Crippen LogP contribution in [0.25, 0.3) is 10.9 Å². The summed E-state index contributed by atoms with van der Waals surface area (Å²) in [5.74, 6) is 0.233. The Kier molecular flexibility index (Phi) is 5.86. The molecule has 0 amide bonds. The number of carbonyl (C=O) groups is 1. The number of aromatic nitrogens is 1. The molecule has 1 heterocycles. The Morgan fingerprint density at radius 3 is 2.71 bits per heavy atom. The highest BCUT2D eigenvalue weighted by molar-refractivity contribution is 6.06. The number of hydrogen-bond acceptors (Lipinski definition) is 3. The number of benzene rings is 1. The number of ether oxygens (including phenoxy) is 2. The molecule has 0 fully saturated rings. The van der Waals surface area contributed by atoms with Gasteiger partial charge in [-0.15, -0.1) is 0 Å². The lowest BCUT2D eigenvalue weighted by molar-refractivity contribution is 0.0500. The Labute approximate surface area is 142 Å². The lowest BCUT2D eigenvalue weighted by Gasteiger charge is -2.17. The van der Waals surface area contributed by atoms with Crippen LogP contribution < -0.4 is 4.74 Å². The van der Waals surface area contributed by atoms with E-state index in [-0.39, 0.29) is 12.6 Å². The van der Waals surface area contributed by atoms with Crippen LogP contribution >= 0.6 is 0 Å². The van der Waals surface area contributed by atoms with Crippen molar-refractivity contribution in [1.82, 2.24) is 4.98 Å². The van der Waals surface area contributed by atoms with Crippen LogP contribution in [0.5, 0.6) is 5.75 Å². The van der Waals surface area contributed by atoms with E-state index in [0.717, 1.165) is 35.7 Å². The molecule has 0 aliphatic heterocycles. The van der Waals surface area contributed by atoms with Crippen molar-refractivity contribution in [2.45, 2.75) is 52.6 Å². The quantitative estimate of drug-likeness (QED) is 0.548. The smallest absolute Gasteiger partial charge is 0.340 e. The van der Waals surface area contributed by atoms with Crippen LogP contribution in [0.2, 0.25) is 0 Å². The zero-order chi connectivity index (χ0) is 17.7. The number of unbranched alkanes of at least 4 members (excludes halogenated alkanes) is 2. The van der Waals surface area contributed by atoms with Gasteiger partial charge in [0.05, 0.1) is 12.2 Å². The van der Waals surface area contributed by atoms with Crippen molar-refractivity contribution >= 4 is 16.9 Å². The number of rotatable bonds is 8. The maximum absolute atomic E-state index is 13.7. The van der Waals surface area contributed by atoms with Crippen LogP contribution in [0.4, 0.5) is 4.39 Å². The number of H-pyrrole nitrogens is 1. The van der Waals surface area contributed by atoms with Gasteiger partial charge in [0.15, 0.2) is 0 Å². The van der Waals surface area contributed by atoms with Gasteiger partial charge >= 0.3 is 5.97 Å². The van der Waals surface area contributed by atoms with Crippen molar-refractivity contribution in [2.75, 3.05) is 13.2 Å². The molecular formula is C19H26FNO3. The van der Waals surface area contributed by atoms with E-state index in [0.29, 0.717) is 17.9 Å². The minimum atomic E-state index is -1.42. The first-order chi connectivity index (χ1) is 11.3. The highest BCUT2D eigenvalue weighted by Crippen LogP contribution is 2.30. The SMILES string of the molecule is CCCCCOC(=O)c1c[nH]c2ccc(OCC(C)(C)F)c(C)c12. The number of halogens is 1. The molecule has 0 aliphatic rings. The number of aryl methyl sites for hydroxylation is 1. The van der Waals surface area contributed by atoms with Gasteiger partial charge in [0.1, 0.15) is 18.0 Å². The van der Waals surface area contributed by atoms with E-state index in [1.807, 2.05) is 13.0 Å². The highest BCUT2D eigenvalue weighted by atomic mass is 19.1. The average molecular weight is 335 g/mol. The number of hydrogen-bond donors (Lipinski definition) is 1. The van der Waals surface area contributed by atoms with Gasteiger partial charge in [0.25, 0.3) is 0 Å². The van der Waals surface area contributed by atoms with Crippen LogP contribution in [0, 0.1) is 6.92 Å². The maximum atomic E-state index is 13.7. The van der Waals surface area contributed by atoms with Crippen LogP contribution in [0.15, 0.2) is 18.3 Å². The minimum absolute atomic E-state index is 0.0411. The van der Waals surface area contributed by atoms with Gasteiger partial charge in [-0.25, -0.2) is 9.18 Å². The third-order valence-corrected chi connectivity index (χ3v) is 3.83. The standard InChI is InChI=1S/C19H26FNO3/c1-5-6-7-10-23-18(22)14-11-21-15-8-9-16(13(2)17(14)15)24-12-19(3,4)20/h8-9,11,21H,5-7,10,12H2,1-4H3.